The largest absolute Gasteiger partial charge is 0.417 e. The lowest BCUT2D eigenvalue weighted by Crippen LogP contribution is -2.60. The zero-order valence-corrected chi connectivity index (χ0v) is 20.9. The number of carbonyl (C=O) groups is 1. The third-order valence-electron chi connectivity index (χ3n) is 8.16. The first-order chi connectivity index (χ1) is 18.3. The van der Waals surface area contributed by atoms with Crippen molar-refractivity contribution in [3.05, 3.63) is 35.7 Å². The monoisotopic (exact) mass is 558 g/mol. The zero-order chi connectivity index (χ0) is 28.2. The van der Waals surface area contributed by atoms with Crippen molar-refractivity contribution in [1.29, 1.82) is 0 Å². The summed E-state index contributed by atoms with van der Waals surface area (Å²) in [7, 11) is 0. The lowest BCUT2D eigenvalue weighted by molar-refractivity contribution is -0.266. The van der Waals surface area contributed by atoms with Gasteiger partial charge in [0.1, 0.15) is 0 Å². The Kier molecular flexibility index (Phi) is 6.80. The predicted octanol–water partition coefficient (Wildman–Crippen LogP) is 3.93. The van der Waals surface area contributed by atoms with Gasteiger partial charge in [0.25, 0.3) is 0 Å². The number of anilines is 4. The number of nitrogen functional groups attached to an aromatic ring is 1. The van der Waals surface area contributed by atoms with Crippen molar-refractivity contribution >= 4 is 29.2 Å². The van der Waals surface area contributed by atoms with Gasteiger partial charge in [-0.15, -0.1) is 0 Å². The molecule has 5 rings (SSSR count). The number of hydrogen-bond acceptors (Lipinski definition) is 7. The van der Waals surface area contributed by atoms with Gasteiger partial charge in [-0.25, -0.2) is 8.78 Å². The van der Waals surface area contributed by atoms with E-state index in [1.165, 1.54) is 15.9 Å². The molecule has 212 valence electrons. The number of nitrogens with zero attached hydrogens (tertiary/aromatic N) is 5. The van der Waals surface area contributed by atoms with Crippen molar-refractivity contribution in [3.63, 3.8) is 0 Å². The molecule has 0 atom stereocenters. The van der Waals surface area contributed by atoms with Crippen LogP contribution in [0.4, 0.5) is 49.6 Å². The molecule has 4 heterocycles. The first kappa shape index (κ1) is 27.3. The Morgan fingerprint density at radius 1 is 0.872 bits per heavy atom. The van der Waals surface area contributed by atoms with Gasteiger partial charge in [0.05, 0.1) is 5.54 Å². The van der Waals surface area contributed by atoms with E-state index in [1.54, 1.807) is 4.90 Å². The van der Waals surface area contributed by atoms with Crippen LogP contribution in [0.2, 0.25) is 0 Å². The molecule has 3 N–H and O–H groups in total. The normalized spacial score (nSPS) is 21.5. The van der Waals surface area contributed by atoms with Gasteiger partial charge in [-0.2, -0.15) is 27.5 Å². The summed E-state index contributed by atoms with van der Waals surface area (Å²) >= 11 is 0. The van der Waals surface area contributed by atoms with E-state index in [4.69, 9.17) is 5.73 Å². The molecular formula is C25H28F6N6O2. The highest BCUT2D eigenvalue weighted by Crippen LogP contribution is 2.43. The highest BCUT2D eigenvalue weighted by molar-refractivity contribution is 5.95. The summed E-state index contributed by atoms with van der Waals surface area (Å²) < 4.78 is 82.8. The van der Waals surface area contributed by atoms with Gasteiger partial charge in [0.2, 0.25) is 17.7 Å². The minimum Gasteiger partial charge on any atom is -0.380 e. The van der Waals surface area contributed by atoms with Crippen LogP contribution in [0.5, 0.6) is 0 Å². The maximum absolute atomic E-state index is 15.7. The molecule has 3 saturated heterocycles. The Labute approximate surface area is 220 Å². The molecule has 0 bridgehead atoms. The van der Waals surface area contributed by atoms with Crippen molar-refractivity contribution in [2.45, 2.75) is 62.3 Å². The number of amides is 1. The van der Waals surface area contributed by atoms with Gasteiger partial charge in [-0.3, -0.25) is 4.79 Å². The molecule has 14 heteroatoms. The molecule has 39 heavy (non-hydrogen) atoms. The van der Waals surface area contributed by atoms with Crippen LogP contribution in [0.25, 0.3) is 0 Å². The smallest absolute Gasteiger partial charge is 0.380 e. The molecule has 0 aliphatic carbocycles. The summed E-state index contributed by atoms with van der Waals surface area (Å²) in [4.78, 5) is 25.4. The number of hydrogen-bond donors (Lipinski definition) is 2. The van der Waals surface area contributed by atoms with Gasteiger partial charge in [0.15, 0.2) is 28.9 Å². The quantitative estimate of drug-likeness (QED) is 0.551. The number of benzene rings is 1. The zero-order valence-electron chi connectivity index (χ0n) is 20.9. The lowest BCUT2D eigenvalue weighted by atomic mass is 9.78. The number of aromatic nitrogens is 2. The second-order valence-electron chi connectivity index (χ2n) is 10.5. The fourth-order valence-corrected chi connectivity index (χ4v) is 5.94. The molecular weight excluding hydrogens is 530 g/mol. The average molecular weight is 559 g/mol. The Morgan fingerprint density at radius 3 is 1.97 bits per heavy atom. The number of piperidine rings is 3. The lowest BCUT2D eigenvalue weighted by Gasteiger charge is -2.51. The SMILES string of the molecule is Nc1nc(N2CCC3(CCCC(=O)N3c3ccc(F)c(F)c3)CC2)c(F)c(N2CCC(O)(C(F)(F)F)CC2)n1. The molecule has 1 aromatic heterocycles. The highest BCUT2D eigenvalue weighted by atomic mass is 19.4. The van der Waals surface area contributed by atoms with Crippen molar-refractivity contribution < 1.29 is 36.2 Å². The summed E-state index contributed by atoms with van der Waals surface area (Å²) in [5, 5.41) is 9.95. The molecule has 3 aliphatic rings. The van der Waals surface area contributed by atoms with E-state index in [2.05, 4.69) is 9.97 Å². The molecule has 8 nitrogen and oxygen atoms in total. The van der Waals surface area contributed by atoms with Gasteiger partial charge in [-0.05, 0) is 37.8 Å². The maximum Gasteiger partial charge on any atom is 0.417 e. The summed E-state index contributed by atoms with van der Waals surface area (Å²) in [6.07, 6.45) is -3.80. The fraction of sp³-hybridized carbons (Fsp3) is 0.560. The van der Waals surface area contributed by atoms with E-state index in [1.807, 2.05) is 0 Å². The summed E-state index contributed by atoms with van der Waals surface area (Å²) in [6.45, 7) is -0.0450. The van der Waals surface area contributed by atoms with E-state index in [9.17, 15) is 31.9 Å². The van der Waals surface area contributed by atoms with Crippen molar-refractivity contribution in [3.8, 4) is 0 Å². The van der Waals surface area contributed by atoms with Crippen LogP contribution in [-0.4, -0.2) is 64.5 Å². The van der Waals surface area contributed by atoms with Crippen molar-refractivity contribution in [1.82, 2.24) is 9.97 Å². The van der Waals surface area contributed by atoms with E-state index < -0.39 is 47.6 Å². The molecule has 0 radical (unpaired) electrons. The van der Waals surface area contributed by atoms with Crippen LogP contribution in [0, 0.1) is 17.5 Å². The standard InChI is InChI=1S/C25H28F6N6O2/c26-16-4-3-15(14-17(16)27)37-18(38)2-1-5-23(37)6-10-35(11-7-23)20-19(28)21(34-22(32)33-20)36-12-8-24(39,9-13-36)25(29,30)31/h3-4,14,39H,1-2,5-13H2,(H2,32,33,34). The molecule has 3 aliphatic heterocycles. The van der Waals surface area contributed by atoms with Crippen molar-refractivity contribution in [2.75, 3.05) is 46.6 Å². The Morgan fingerprint density at radius 2 is 1.44 bits per heavy atom. The fourth-order valence-electron chi connectivity index (χ4n) is 5.94. The molecule has 1 aromatic carbocycles. The molecule has 3 fully saturated rings. The topological polar surface area (TPSA) is 98.8 Å². The second kappa shape index (κ2) is 9.72. The van der Waals surface area contributed by atoms with E-state index in [-0.39, 0.29) is 61.8 Å². The van der Waals surface area contributed by atoms with E-state index >= 15 is 4.39 Å². The number of halogens is 6. The first-order valence-electron chi connectivity index (χ1n) is 12.7. The van der Waals surface area contributed by atoms with Crippen LogP contribution in [0.15, 0.2) is 18.2 Å². The number of rotatable bonds is 3. The third kappa shape index (κ3) is 4.83. The molecule has 1 spiro atoms. The Hall–Kier alpha value is -3.29. The average Bonchev–Trinajstić information content (AvgIpc) is 2.88. The molecule has 1 amide bonds. The van der Waals surface area contributed by atoms with Crippen molar-refractivity contribution in [2.24, 2.45) is 0 Å². The minimum atomic E-state index is -4.80. The van der Waals surface area contributed by atoms with Crippen LogP contribution in [0.1, 0.15) is 44.9 Å². The Bertz CT molecular complexity index is 1260. The van der Waals surface area contributed by atoms with Crippen LogP contribution >= 0.6 is 0 Å². The number of nitrogens with two attached hydrogens (primary N) is 1. The van der Waals surface area contributed by atoms with E-state index in [0.717, 1.165) is 12.1 Å². The number of aliphatic hydroxyl groups is 1. The van der Waals surface area contributed by atoms with Gasteiger partial charge < -0.3 is 25.5 Å². The van der Waals surface area contributed by atoms with Crippen LogP contribution in [0.3, 0.4) is 0 Å². The second-order valence-corrected chi connectivity index (χ2v) is 10.5. The maximum atomic E-state index is 15.7. The number of carbonyl (C=O) groups excluding carboxylic acids is 1. The van der Waals surface area contributed by atoms with Gasteiger partial charge in [0, 0.05) is 57.2 Å². The first-order valence-corrected chi connectivity index (χ1v) is 12.7. The molecule has 0 saturated carbocycles. The Balaban J connectivity index is 1.36. The van der Waals surface area contributed by atoms with Crippen LogP contribution < -0.4 is 20.4 Å². The summed E-state index contributed by atoms with van der Waals surface area (Å²) in [5.41, 5.74) is 2.59. The molecule has 2 aromatic rings. The highest BCUT2D eigenvalue weighted by Gasteiger charge is 2.55. The summed E-state index contributed by atoms with van der Waals surface area (Å²) in [5.74, 6) is -3.72. The number of alkyl halides is 3. The predicted molar refractivity (Wildman–Crippen MR) is 131 cm³/mol. The minimum absolute atomic E-state index is 0.106. The van der Waals surface area contributed by atoms with Crippen LogP contribution in [-0.2, 0) is 4.79 Å². The molecule has 0 unspecified atom stereocenters. The van der Waals surface area contributed by atoms with E-state index in [0.29, 0.717) is 25.7 Å². The third-order valence-corrected chi connectivity index (χ3v) is 8.16. The van der Waals surface area contributed by atoms with Gasteiger partial charge in [-0.1, -0.05) is 0 Å². The summed E-state index contributed by atoms with van der Waals surface area (Å²) in [6, 6.07) is 3.35. The van der Waals surface area contributed by atoms with Gasteiger partial charge >= 0.3 is 6.18 Å².